The monoisotopic (exact) mass is 1060 g/mol. The number of aliphatic hydroxyl groups excluding tert-OH is 2. The average Bonchev–Trinajstić information content (AvgIpc) is 3.41. The van der Waals surface area contributed by atoms with Crippen LogP contribution in [0.4, 0.5) is 0 Å². The third kappa shape index (κ3) is 61.9. The predicted octanol–water partition coefficient (Wildman–Crippen LogP) is 22.2. The van der Waals surface area contributed by atoms with Gasteiger partial charge in [-0.25, -0.2) is 0 Å². The van der Waals surface area contributed by atoms with Crippen molar-refractivity contribution in [1.29, 1.82) is 0 Å². The second-order valence-corrected chi connectivity index (χ2v) is 24.2. The fraction of sp³-hybridized carbons (Fsp3) is 0.971. The van der Waals surface area contributed by atoms with E-state index in [1.807, 2.05) is 0 Å². The molecule has 6 heteroatoms. The highest BCUT2D eigenvalue weighted by Crippen LogP contribution is 2.19. The number of hydrogen-bond donors (Lipinski definition) is 3. The van der Waals surface area contributed by atoms with Gasteiger partial charge < -0.3 is 20.3 Å². The van der Waals surface area contributed by atoms with E-state index in [-0.39, 0.29) is 18.5 Å². The van der Waals surface area contributed by atoms with E-state index in [1.165, 1.54) is 334 Å². The van der Waals surface area contributed by atoms with Crippen LogP contribution in [0.1, 0.15) is 406 Å². The van der Waals surface area contributed by atoms with Crippen molar-refractivity contribution in [2.45, 2.75) is 418 Å². The third-order valence-electron chi connectivity index (χ3n) is 16.7. The molecule has 0 aromatic heterocycles. The van der Waals surface area contributed by atoms with Gasteiger partial charge in [0.15, 0.2) is 0 Å². The van der Waals surface area contributed by atoms with Gasteiger partial charge in [0.2, 0.25) is 5.91 Å². The number of amides is 1. The number of hydrogen-bond acceptors (Lipinski definition) is 5. The molecule has 3 N–H and O–H groups in total. The van der Waals surface area contributed by atoms with Crippen LogP contribution in [0.2, 0.25) is 0 Å². The number of aliphatic hydroxyl groups is 2. The summed E-state index contributed by atoms with van der Waals surface area (Å²) in [5, 5.41) is 23.2. The van der Waals surface area contributed by atoms with Gasteiger partial charge in [0.25, 0.3) is 0 Å². The Labute approximate surface area is 470 Å². The third-order valence-corrected chi connectivity index (χ3v) is 16.7. The van der Waals surface area contributed by atoms with Gasteiger partial charge in [0, 0.05) is 12.8 Å². The van der Waals surface area contributed by atoms with Crippen LogP contribution in [-0.4, -0.2) is 47.4 Å². The highest BCUT2D eigenvalue weighted by molar-refractivity contribution is 5.76. The molecule has 0 aliphatic rings. The first-order valence-corrected chi connectivity index (χ1v) is 34.8. The molecule has 75 heavy (non-hydrogen) atoms. The van der Waals surface area contributed by atoms with E-state index >= 15 is 0 Å². The van der Waals surface area contributed by atoms with Crippen LogP contribution >= 0.6 is 0 Å². The molecule has 2 atom stereocenters. The number of carbonyl (C=O) groups is 2. The van der Waals surface area contributed by atoms with E-state index in [4.69, 9.17) is 4.74 Å². The smallest absolute Gasteiger partial charge is 0.305 e. The summed E-state index contributed by atoms with van der Waals surface area (Å²) >= 11 is 0. The summed E-state index contributed by atoms with van der Waals surface area (Å²) in [5.41, 5.74) is 0. The summed E-state index contributed by atoms with van der Waals surface area (Å²) in [6, 6.07) is -0.535. The SMILES string of the molecule is CCCCCCCCCCCCCCCCCCC(=O)OCCCCCCCCCCCCCCCCCCCCCCCCCCCCCCCCCCC(=O)NC(CO)C(O)CCCCCCCCCCCC. The Morgan fingerprint density at radius 2 is 0.547 bits per heavy atom. The van der Waals surface area contributed by atoms with E-state index < -0.39 is 12.1 Å². The van der Waals surface area contributed by atoms with Crippen molar-refractivity contribution in [3.8, 4) is 0 Å². The Kier molecular flexibility index (Phi) is 64.4. The predicted molar refractivity (Wildman–Crippen MR) is 329 cm³/mol. The summed E-state index contributed by atoms with van der Waals surface area (Å²) in [5.74, 6) is -0.00390. The average molecular weight is 1060 g/mol. The number of esters is 1. The maximum Gasteiger partial charge on any atom is 0.305 e. The minimum Gasteiger partial charge on any atom is -0.466 e. The summed E-state index contributed by atoms with van der Waals surface area (Å²) in [6.07, 6.45) is 78.8. The molecule has 0 radical (unpaired) electrons. The number of ether oxygens (including phenoxy) is 1. The Morgan fingerprint density at radius 3 is 0.813 bits per heavy atom. The molecular weight excluding hydrogens is 923 g/mol. The molecule has 0 aliphatic carbocycles. The molecule has 0 heterocycles. The fourth-order valence-electron chi connectivity index (χ4n) is 11.4. The van der Waals surface area contributed by atoms with E-state index in [0.717, 1.165) is 38.5 Å². The lowest BCUT2D eigenvalue weighted by Gasteiger charge is -2.22. The molecule has 0 saturated carbocycles. The van der Waals surface area contributed by atoms with Crippen LogP contribution in [0.15, 0.2) is 0 Å². The van der Waals surface area contributed by atoms with E-state index in [2.05, 4.69) is 19.2 Å². The quantitative estimate of drug-likeness (QED) is 0.0417. The Balaban J connectivity index is 3.27. The lowest BCUT2D eigenvalue weighted by molar-refractivity contribution is -0.143. The standard InChI is InChI=1S/C69H137NO5/c1-3-5-7-9-11-13-15-16-17-37-40-43-47-51-55-59-63-69(74)75-64-60-56-52-48-44-41-38-35-33-31-29-27-25-23-21-19-18-20-22-24-26-28-30-32-34-36-39-42-46-50-54-58-62-68(73)70-66(65-71)67(72)61-57-53-49-45-14-12-10-8-6-4-2/h66-67,71-72H,3-65H2,1-2H3,(H,70,73). The first-order valence-electron chi connectivity index (χ1n) is 34.8. The van der Waals surface area contributed by atoms with Crippen molar-refractivity contribution in [1.82, 2.24) is 5.32 Å². The molecule has 2 unspecified atom stereocenters. The molecule has 0 aromatic carbocycles. The Bertz CT molecular complexity index is 1080. The van der Waals surface area contributed by atoms with Crippen LogP contribution < -0.4 is 5.32 Å². The van der Waals surface area contributed by atoms with Gasteiger partial charge in [-0.15, -0.1) is 0 Å². The fourth-order valence-corrected chi connectivity index (χ4v) is 11.4. The second kappa shape index (κ2) is 65.4. The van der Waals surface area contributed by atoms with Crippen molar-refractivity contribution in [3.63, 3.8) is 0 Å². The number of rotatable bonds is 66. The van der Waals surface area contributed by atoms with Crippen LogP contribution in [0.3, 0.4) is 0 Å². The van der Waals surface area contributed by atoms with Gasteiger partial charge in [-0.1, -0.05) is 367 Å². The molecule has 0 saturated heterocycles. The van der Waals surface area contributed by atoms with Gasteiger partial charge in [0.05, 0.1) is 25.4 Å². The Morgan fingerprint density at radius 1 is 0.320 bits per heavy atom. The van der Waals surface area contributed by atoms with Crippen LogP contribution in [0.25, 0.3) is 0 Å². The minimum absolute atomic E-state index is 0.0257. The zero-order chi connectivity index (χ0) is 54.3. The minimum atomic E-state index is -0.658. The normalized spacial score (nSPS) is 12.4. The van der Waals surface area contributed by atoms with Crippen molar-refractivity contribution < 1.29 is 24.5 Å². The number of unbranched alkanes of at least 4 members (excludes halogenated alkanes) is 55. The molecular formula is C69H137NO5. The molecule has 6 nitrogen and oxygen atoms in total. The molecule has 0 spiro atoms. The maximum absolute atomic E-state index is 12.4. The van der Waals surface area contributed by atoms with Gasteiger partial charge in [-0.2, -0.15) is 0 Å². The van der Waals surface area contributed by atoms with E-state index in [9.17, 15) is 19.8 Å². The van der Waals surface area contributed by atoms with Crippen molar-refractivity contribution in [2.24, 2.45) is 0 Å². The number of nitrogens with one attached hydrogen (secondary N) is 1. The summed E-state index contributed by atoms with van der Waals surface area (Å²) in [6.45, 7) is 4.98. The summed E-state index contributed by atoms with van der Waals surface area (Å²) in [4.78, 5) is 24.5. The summed E-state index contributed by atoms with van der Waals surface area (Å²) < 4.78 is 5.51. The van der Waals surface area contributed by atoms with Gasteiger partial charge in [-0.05, 0) is 25.7 Å². The Hall–Kier alpha value is -1.14. The van der Waals surface area contributed by atoms with Gasteiger partial charge >= 0.3 is 5.97 Å². The van der Waals surface area contributed by atoms with Crippen LogP contribution in [-0.2, 0) is 14.3 Å². The molecule has 448 valence electrons. The second-order valence-electron chi connectivity index (χ2n) is 24.2. The molecule has 0 bridgehead atoms. The zero-order valence-electron chi connectivity index (χ0n) is 51.3. The first-order chi connectivity index (χ1) is 37.0. The van der Waals surface area contributed by atoms with Gasteiger partial charge in [-0.3, -0.25) is 9.59 Å². The molecule has 0 aromatic rings. The zero-order valence-corrected chi connectivity index (χ0v) is 51.3. The van der Waals surface area contributed by atoms with E-state index in [1.54, 1.807) is 0 Å². The summed E-state index contributed by atoms with van der Waals surface area (Å²) in [7, 11) is 0. The first kappa shape index (κ1) is 73.9. The molecule has 0 rings (SSSR count). The molecule has 1 amide bonds. The largest absolute Gasteiger partial charge is 0.466 e. The highest BCUT2D eigenvalue weighted by atomic mass is 16.5. The molecule has 0 fully saturated rings. The molecule has 0 aliphatic heterocycles. The van der Waals surface area contributed by atoms with Crippen molar-refractivity contribution >= 4 is 11.9 Å². The highest BCUT2D eigenvalue weighted by Gasteiger charge is 2.20. The number of carbonyl (C=O) groups excluding carboxylic acids is 2. The maximum atomic E-state index is 12.4. The van der Waals surface area contributed by atoms with Crippen molar-refractivity contribution in [2.75, 3.05) is 13.2 Å². The van der Waals surface area contributed by atoms with Crippen LogP contribution in [0, 0.1) is 0 Å². The lowest BCUT2D eigenvalue weighted by Crippen LogP contribution is -2.45. The topological polar surface area (TPSA) is 95.9 Å². The van der Waals surface area contributed by atoms with E-state index in [0.29, 0.717) is 25.9 Å². The van der Waals surface area contributed by atoms with Crippen LogP contribution in [0.5, 0.6) is 0 Å². The van der Waals surface area contributed by atoms with Crippen molar-refractivity contribution in [3.05, 3.63) is 0 Å². The lowest BCUT2D eigenvalue weighted by atomic mass is 10.0. The van der Waals surface area contributed by atoms with Gasteiger partial charge in [0.1, 0.15) is 0 Å².